The van der Waals surface area contributed by atoms with Gasteiger partial charge in [-0.3, -0.25) is 62.7 Å². The molecule has 98 heavy (non-hydrogen) atoms. The van der Waals surface area contributed by atoms with Gasteiger partial charge >= 0.3 is 0 Å². The Hall–Kier alpha value is -7.50. The van der Waals surface area contributed by atoms with Crippen molar-refractivity contribution in [1.82, 2.24) is 59.6 Å². The largest absolute Gasteiger partial charge is 0.388 e. The molecule has 0 spiro atoms. The summed E-state index contributed by atoms with van der Waals surface area (Å²) in [5.41, 5.74) is -3.81. The molecule has 3 aliphatic heterocycles. The summed E-state index contributed by atoms with van der Waals surface area (Å²) in [7, 11) is 11.7. The van der Waals surface area contributed by atoms with Crippen molar-refractivity contribution < 1.29 is 78.1 Å². The maximum Gasteiger partial charge on any atom is 0.270 e. The van der Waals surface area contributed by atoms with Crippen molar-refractivity contribution >= 4 is 76.6 Å². The number of benzene rings is 1. The predicted molar refractivity (Wildman–Crippen MR) is 365 cm³/mol. The van der Waals surface area contributed by atoms with Crippen LogP contribution in [0.1, 0.15) is 142 Å². The minimum absolute atomic E-state index is 0.132. The number of anilines is 1. The summed E-state index contributed by atoms with van der Waals surface area (Å²) in [6.45, 7) is 24.8. The molecule has 29 nitrogen and oxygen atoms in total. The number of aliphatic hydroxyl groups is 3. The van der Waals surface area contributed by atoms with E-state index in [9.17, 15) is 49.3 Å². The third kappa shape index (κ3) is 16.9. The minimum Gasteiger partial charge on any atom is -0.388 e. The molecule has 552 valence electrons. The average molecular weight is 1380 g/mol. The highest BCUT2D eigenvalue weighted by molar-refractivity contribution is 6.00. The van der Waals surface area contributed by atoms with E-state index in [4.69, 9.17) is 0 Å². The molecule has 2 saturated heterocycles. The fourth-order valence-corrected chi connectivity index (χ4v) is 14.1. The molecule has 1 unspecified atom stereocenters. The lowest BCUT2D eigenvalue weighted by Gasteiger charge is -2.42. The SMILES string of the molecule is CC[C@H](C)[C@@H]1NC(=O)[C@H](C(C)C)N(C)C(=O)[C@@H]2C[C@@]3(O)c4ccccc4N(O)[C@H]3N2C(=O)CN(C)C(=O)[C@H]([C@@H](C)CC)N(C)C(=O)[C@H](C(C)C)NC(=O)C(O)N(C)C(=O)[C@H]([C@@H](C)CC)N(C)C(=O)[C@H](C(C)(C)O)N(C)C(=O)CN(C)C(=O)[C@H](C(C)C)N(C)C(=O)[C@H](C(C)C)N(C)C1=O. The van der Waals surface area contributed by atoms with Crippen LogP contribution >= 0.6 is 0 Å². The molecular formula is C69H115N13O16. The molecular weight excluding hydrogens is 1270 g/mol. The Kier molecular flexibility index (Phi) is 28.0. The quantitative estimate of drug-likeness (QED) is 0.181. The van der Waals surface area contributed by atoms with E-state index in [1.165, 1.54) is 92.2 Å². The van der Waals surface area contributed by atoms with Gasteiger partial charge < -0.3 is 75.0 Å². The van der Waals surface area contributed by atoms with Gasteiger partial charge in [-0.1, -0.05) is 134 Å². The molecule has 0 saturated carbocycles. The molecule has 0 bridgehead atoms. The summed E-state index contributed by atoms with van der Waals surface area (Å²) < 4.78 is 0. The molecule has 12 amide bonds. The van der Waals surface area contributed by atoms with Crippen molar-refractivity contribution in [3.05, 3.63) is 29.8 Å². The topological polar surface area (TPSA) is 345 Å². The van der Waals surface area contributed by atoms with Crippen LogP contribution < -0.4 is 15.7 Å². The van der Waals surface area contributed by atoms with E-state index in [1.807, 2.05) is 0 Å². The maximum absolute atomic E-state index is 15.5. The van der Waals surface area contributed by atoms with E-state index in [2.05, 4.69) is 10.6 Å². The van der Waals surface area contributed by atoms with E-state index >= 15 is 28.8 Å². The van der Waals surface area contributed by atoms with Crippen LogP contribution in [-0.2, 0) is 63.1 Å². The van der Waals surface area contributed by atoms with Crippen LogP contribution in [0.15, 0.2) is 24.3 Å². The summed E-state index contributed by atoms with van der Waals surface area (Å²) in [6.07, 6.45) is -3.53. The van der Waals surface area contributed by atoms with Gasteiger partial charge in [-0.2, -0.15) is 0 Å². The normalized spacial score (nSPS) is 29.0. The first-order chi connectivity index (χ1) is 45.2. The number of carbonyl (C=O) groups excluding carboxylic acids is 12. The second kappa shape index (κ2) is 33.1. The van der Waals surface area contributed by atoms with E-state index in [-0.39, 0.29) is 17.7 Å². The summed E-state index contributed by atoms with van der Waals surface area (Å²) in [5.74, 6) is -14.6. The first-order valence-corrected chi connectivity index (χ1v) is 34.2. The molecule has 6 N–H and O–H groups in total. The number of para-hydroxylation sites is 1. The number of amides is 12. The van der Waals surface area contributed by atoms with Crippen LogP contribution in [-0.4, -0.2) is 289 Å². The predicted octanol–water partition coefficient (Wildman–Crippen LogP) is 1.18. The van der Waals surface area contributed by atoms with Crippen molar-refractivity contribution in [2.24, 2.45) is 41.4 Å². The molecule has 3 heterocycles. The number of rotatable bonds is 11. The lowest BCUT2D eigenvalue weighted by atomic mass is 9.90. The van der Waals surface area contributed by atoms with E-state index in [1.54, 1.807) is 109 Å². The monoisotopic (exact) mass is 1380 g/mol. The van der Waals surface area contributed by atoms with Crippen LogP contribution in [0.3, 0.4) is 0 Å². The van der Waals surface area contributed by atoms with E-state index in [0.717, 1.165) is 41.3 Å². The molecule has 15 atom stereocenters. The van der Waals surface area contributed by atoms with E-state index in [0.29, 0.717) is 22.8 Å². The van der Waals surface area contributed by atoms with Gasteiger partial charge in [0.1, 0.15) is 60.0 Å². The number of nitrogens with one attached hydrogen (secondary N) is 2. The van der Waals surface area contributed by atoms with Gasteiger partial charge in [0.15, 0.2) is 6.17 Å². The first kappa shape index (κ1) is 82.9. The molecule has 2 fully saturated rings. The number of nitrogens with zero attached hydrogens (tertiary/aromatic N) is 11. The van der Waals surface area contributed by atoms with Crippen LogP contribution in [0.5, 0.6) is 0 Å². The van der Waals surface area contributed by atoms with Crippen molar-refractivity contribution in [3.8, 4) is 0 Å². The van der Waals surface area contributed by atoms with Gasteiger partial charge in [0.25, 0.3) is 5.91 Å². The van der Waals surface area contributed by atoms with Crippen molar-refractivity contribution in [3.63, 3.8) is 0 Å². The Morgan fingerprint density at radius 2 is 0.878 bits per heavy atom. The van der Waals surface area contributed by atoms with Gasteiger partial charge in [0.05, 0.1) is 24.4 Å². The molecule has 4 rings (SSSR count). The van der Waals surface area contributed by atoms with Gasteiger partial charge in [-0.15, -0.1) is 0 Å². The lowest BCUT2D eigenvalue weighted by molar-refractivity contribution is -0.164. The second-order valence-corrected chi connectivity index (χ2v) is 29.5. The Morgan fingerprint density at radius 3 is 1.36 bits per heavy atom. The Balaban J connectivity index is 1.97. The summed E-state index contributed by atoms with van der Waals surface area (Å²) >= 11 is 0. The molecule has 0 aromatic heterocycles. The molecule has 3 aliphatic rings. The molecule has 0 aliphatic carbocycles. The minimum atomic E-state index is -2.29. The zero-order chi connectivity index (χ0) is 75.3. The fraction of sp³-hybridized carbons (Fsp3) is 0.739. The Labute approximate surface area is 579 Å². The summed E-state index contributed by atoms with van der Waals surface area (Å²) in [4.78, 5) is 190. The second-order valence-electron chi connectivity index (χ2n) is 29.5. The smallest absolute Gasteiger partial charge is 0.270 e. The van der Waals surface area contributed by atoms with Gasteiger partial charge in [0, 0.05) is 75.4 Å². The average Bonchev–Trinajstić information content (AvgIpc) is 1.54. The van der Waals surface area contributed by atoms with Crippen LogP contribution in [0, 0.1) is 41.4 Å². The van der Waals surface area contributed by atoms with Crippen molar-refractivity contribution in [1.29, 1.82) is 0 Å². The molecule has 1 aromatic carbocycles. The molecule has 1 aromatic rings. The third-order valence-electron chi connectivity index (χ3n) is 20.5. The Morgan fingerprint density at radius 1 is 0.480 bits per heavy atom. The zero-order valence-electron chi connectivity index (χ0n) is 62.6. The van der Waals surface area contributed by atoms with Crippen LogP contribution in [0.2, 0.25) is 0 Å². The molecule has 29 heteroatoms. The highest BCUT2D eigenvalue weighted by atomic mass is 16.5. The number of likely N-dealkylation sites (N-methyl/N-ethyl adjacent to an activating group) is 9. The van der Waals surface area contributed by atoms with Crippen LogP contribution in [0.4, 0.5) is 5.69 Å². The summed E-state index contributed by atoms with van der Waals surface area (Å²) in [6, 6.07) is -6.49. The zero-order valence-corrected chi connectivity index (χ0v) is 62.6. The van der Waals surface area contributed by atoms with E-state index < -0.39 is 210 Å². The molecule has 0 radical (unpaired) electrons. The summed E-state index contributed by atoms with van der Waals surface area (Å²) in [5, 5.41) is 54.3. The van der Waals surface area contributed by atoms with Crippen LogP contribution in [0.25, 0.3) is 0 Å². The number of fused-ring (bicyclic) bond motifs is 5. The standard InChI is InChI=1S/C69H115N13O16/c1-26-40(12)49-60(89)76(21)52(39(10)11)63(92)77(22)51(38(8)9)61(90)72(17)34-46(83)74(19)55(68(15,16)96)65(94)79(24)54(42(14)28-3)64(93)80(25)66(95)57(86)70-48(36(4)5)59(88)78(23)53(41(13)27-2)62(91)73(18)35-47(84)81-45(58(87)75(20)50(37(6)7)56(85)71-49)33-69(97)43-31-29-30-32-44(43)82(98)67(69)81/h29-32,36-42,45,48-55,66-67,95-98H,26-28,33-35H2,1-25H3,(H,70,86)(H,71,85)/t40-,41-,42-,45-,48-,49-,50-,51-,52-,53-,54-,55+,66?,67+,69+/m0/s1. The lowest BCUT2D eigenvalue weighted by Crippen LogP contribution is -2.64. The number of carbonyl (C=O) groups is 12. The fourth-order valence-electron chi connectivity index (χ4n) is 14.1. The van der Waals surface area contributed by atoms with Gasteiger partial charge in [-0.25, -0.2) is 5.06 Å². The maximum atomic E-state index is 15.5. The highest BCUT2D eigenvalue weighted by Crippen LogP contribution is 2.52. The van der Waals surface area contributed by atoms with Crippen molar-refractivity contribution in [2.75, 3.05) is 81.6 Å². The number of hydroxylamine groups is 1. The number of hydrogen-bond donors (Lipinski definition) is 6. The third-order valence-corrected chi connectivity index (χ3v) is 20.5. The van der Waals surface area contributed by atoms with Crippen molar-refractivity contribution in [2.45, 2.75) is 214 Å². The van der Waals surface area contributed by atoms with Gasteiger partial charge in [0.2, 0.25) is 71.2 Å². The Bertz CT molecular complexity index is 3100. The number of aliphatic hydroxyl groups excluding tert-OH is 1. The number of hydrogen-bond acceptors (Lipinski definition) is 17. The highest BCUT2D eigenvalue weighted by Gasteiger charge is 2.64. The first-order valence-electron chi connectivity index (χ1n) is 34.2. The van der Waals surface area contributed by atoms with Gasteiger partial charge in [-0.05, 0) is 61.3 Å².